The number of hydrogen-bond donors (Lipinski definition) is 1. The largest absolute Gasteiger partial charge is 0.396 e. The van der Waals surface area contributed by atoms with E-state index >= 15 is 0 Å². The van der Waals surface area contributed by atoms with Crippen molar-refractivity contribution in [3.8, 4) is 0 Å². The zero-order chi connectivity index (χ0) is 15.4. The Morgan fingerprint density at radius 3 is 2.67 bits per heavy atom. The van der Waals surface area contributed by atoms with E-state index in [-0.39, 0.29) is 12.5 Å². The van der Waals surface area contributed by atoms with Crippen molar-refractivity contribution in [3.05, 3.63) is 50.2 Å². The minimum atomic E-state index is 0.174. The van der Waals surface area contributed by atoms with Crippen LogP contribution in [0.1, 0.15) is 23.9 Å². The Hall–Kier alpha value is -0.650. The van der Waals surface area contributed by atoms with Crippen molar-refractivity contribution in [1.29, 1.82) is 0 Å². The smallest absolute Gasteiger partial charge is 0.0738 e. The van der Waals surface area contributed by atoms with E-state index in [0.29, 0.717) is 0 Å². The second-order valence-electron chi connectivity index (χ2n) is 5.25. The molecule has 0 fully saturated rings. The van der Waals surface area contributed by atoms with Crippen molar-refractivity contribution in [1.82, 2.24) is 9.78 Å². The van der Waals surface area contributed by atoms with E-state index in [9.17, 15) is 5.11 Å². The first-order valence-corrected chi connectivity index (χ1v) is 8.70. The molecule has 0 aliphatic carbocycles. The molecule has 2 rings (SSSR count). The number of aryl methyl sites for hydroxylation is 2. The van der Waals surface area contributed by atoms with Gasteiger partial charge in [0.25, 0.3) is 0 Å². The van der Waals surface area contributed by atoms with Crippen LogP contribution in [0, 0.1) is 12.8 Å². The predicted molar refractivity (Wildman–Crippen MR) is 92.5 cm³/mol. The summed E-state index contributed by atoms with van der Waals surface area (Å²) in [6.07, 6.45) is 1.68. The fourth-order valence-electron chi connectivity index (χ4n) is 2.54. The van der Waals surface area contributed by atoms with Crippen LogP contribution < -0.4 is 0 Å². The van der Waals surface area contributed by atoms with Crippen LogP contribution in [0.3, 0.4) is 0 Å². The summed E-state index contributed by atoms with van der Waals surface area (Å²) < 4.78 is 4.16. The number of rotatable bonds is 6. The Morgan fingerprint density at radius 1 is 1.29 bits per heavy atom. The van der Waals surface area contributed by atoms with Gasteiger partial charge in [-0.25, -0.2) is 0 Å². The zero-order valence-electron chi connectivity index (χ0n) is 12.3. The van der Waals surface area contributed by atoms with E-state index in [1.165, 1.54) is 11.3 Å². The van der Waals surface area contributed by atoms with Gasteiger partial charge in [-0.05, 0) is 66.2 Å². The number of aromatic nitrogens is 2. The Balaban J connectivity index is 2.16. The quantitative estimate of drug-likeness (QED) is 0.770. The molecule has 5 heteroatoms. The Kier molecular flexibility index (Phi) is 6.02. The molecule has 0 bridgehead atoms. The molecule has 0 spiro atoms. The fourth-order valence-corrected chi connectivity index (χ4v) is 3.43. The topological polar surface area (TPSA) is 38.0 Å². The van der Waals surface area contributed by atoms with Crippen LogP contribution >= 0.6 is 31.9 Å². The van der Waals surface area contributed by atoms with Gasteiger partial charge >= 0.3 is 0 Å². The third-order valence-corrected chi connectivity index (χ3v) is 5.13. The second kappa shape index (κ2) is 7.56. The van der Waals surface area contributed by atoms with Gasteiger partial charge in [-0.1, -0.05) is 28.1 Å². The van der Waals surface area contributed by atoms with Gasteiger partial charge in [0, 0.05) is 17.6 Å². The normalized spacial score (nSPS) is 12.6. The van der Waals surface area contributed by atoms with Gasteiger partial charge in [0.2, 0.25) is 0 Å². The molecule has 2 aromatic rings. The molecule has 114 valence electrons. The molecule has 1 aromatic heterocycles. The summed E-state index contributed by atoms with van der Waals surface area (Å²) in [6, 6.07) is 8.26. The van der Waals surface area contributed by atoms with Crippen LogP contribution in [0.2, 0.25) is 0 Å². The number of aliphatic hydroxyl groups excluding tert-OH is 1. The lowest BCUT2D eigenvalue weighted by molar-refractivity contribution is 0.222. The Morgan fingerprint density at radius 2 is 2.05 bits per heavy atom. The third kappa shape index (κ3) is 4.18. The lowest BCUT2D eigenvalue weighted by Gasteiger charge is -2.16. The van der Waals surface area contributed by atoms with E-state index in [2.05, 4.69) is 56.0 Å². The lowest BCUT2D eigenvalue weighted by atomic mass is 9.95. The first kappa shape index (κ1) is 16.7. The Bertz CT molecular complexity index is 610. The van der Waals surface area contributed by atoms with Gasteiger partial charge in [0.1, 0.15) is 0 Å². The summed E-state index contributed by atoms with van der Waals surface area (Å²) in [6.45, 7) is 5.11. The molecule has 1 N–H and O–H groups in total. The van der Waals surface area contributed by atoms with Gasteiger partial charge < -0.3 is 5.11 Å². The molecule has 21 heavy (non-hydrogen) atoms. The van der Waals surface area contributed by atoms with Gasteiger partial charge in [0.05, 0.1) is 15.9 Å². The van der Waals surface area contributed by atoms with Crippen molar-refractivity contribution in [2.75, 3.05) is 6.61 Å². The van der Waals surface area contributed by atoms with Crippen LogP contribution in [-0.4, -0.2) is 21.5 Å². The van der Waals surface area contributed by atoms with Gasteiger partial charge in [-0.2, -0.15) is 5.10 Å². The second-order valence-corrected chi connectivity index (χ2v) is 6.96. The molecule has 0 saturated carbocycles. The highest BCUT2D eigenvalue weighted by atomic mass is 79.9. The van der Waals surface area contributed by atoms with Crippen molar-refractivity contribution >= 4 is 31.9 Å². The van der Waals surface area contributed by atoms with Crippen LogP contribution in [0.25, 0.3) is 0 Å². The number of halogens is 2. The monoisotopic (exact) mass is 414 g/mol. The molecule has 1 aromatic carbocycles. The standard InChI is InChI=1S/C16H20Br2N2O/c1-3-20-15(16(18)11(2)19-20)9-13(10-21)7-12-5-4-6-14(17)8-12/h4-6,8,13,21H,3,7,9-10H2,1-2H3. The highest BCUT2D eigenvalue weighted by molar-refractivity contribution is 9.10. The molecule has 0 aliphatic heterocycles. The number of nitrogens with zero attached hydrogens (tertiary/aromatic N) is 2. The van der Waals surface area contributed by atoms with Crippen molar-refractivity contribution in [3.63, 3.8) is 0 Å². The molecule has 1 unspecified atom stereocenters. The van der Waals surface area contributed by atoms with E-state index < -0.39 is 0 Å². The van der Waals surface area contributed by atoms with Crippen molar-refractivity contribution < 1.29 is 5.11 Å². The highest BCUT2D eigenvalue weighted by Crippen LogP contribution is 2.25. The molecular formula is C16H20Br2N2O. The van der Waals surface area contributed by atoms with Crippen LogP contribution in [0.4, 0.5) is 0 Å². The van der Waals surface area contributed by atoms with E-state index in [1.54, 1.807) is 0 Å². The highest BCUT2D eigenvalue weighted by Gasteiger charge is 2.17. The maximum Gasteiger partial charge on any atom is 0.0738 e. The maximum atomic E-state index is 9.72. The molecular weight excluding hydrogens is 396 g/mol. The molecule has 0 radical (unpaired) electrons. The summed E-state index contributed by atoms with van der Waals surface area (Å²) in [5.41, 5.74) is 3.41. The minimum Gasteiger partial charge on any atom is -0.396 e. The maximum absolute atomic E-state index is 9.72. The number of hydrogen-bond acceptors (Lipinski definition) is 2. The summed E-state index contributed by atoms with van der Waals surface area (Å²) in [5, 5.41) is 14.2. The SMILES string of the molecule is CCn1nc(C)c(Br)c1CC(CO)Cc1cccc(Br)c1. The molecule has 0 saturated heterocycles. The number of aliphatic hydroxyl groups is 1. The van der Waals surface area contributed by atoms with Gasteiger partial charge in [-0.15, -0.1) is 0 Å². The lowest BCUT2D eigenvalue weighted by Crippen LogP contribution is -2.16. The molecule has 1 heterocycles. The van der Waals surface area contributed by atoms with E-state index in [4.69, 9.17) is 0 Å². The average Bonchev–Trinajstić information content (AvgIpc) is 2.74. The first-order chi connectivity index (χ1) is 10.0. The summed E-state index contributed by atoms with van der Waals surface area (Å²) in [4.78, 5) is 0. The number of benzene rings is 1. The fraction of sp³-hybridized carbons (Fsp3) is 0.438. The summed E-state index contributed by atoms with van der Waals surface area (Å²) in [7, 11) is 0. The molecule has 1 atom stereocenters. The van der Waals surface area contributed by atoms with E-state index in [0.717, 1.165) is 34.0 Å². The average molecular weight is 416 g/mol. The molecule has 0 amide bonds. The van der Waals surface area contributed by atoms with Crippen molar-refractivity contribution in [2.24, 2.45) is 5.92 Å². The third-order valence-electron chi connectivity index (χ3n) is 3.61. The predicted octanol–water partition coefficient (Wildman–Crippen LogP) is 4.13. The first-order valence-electron chi connectivity index (χ1n) is 7.12. The molecule has 3 nitrogen and oxygen atoms in total. The zero-order valence-corrected chi connectivity index (χ0v) is 15.5. The van der Waals surface area contributed by atoms with Crippen molar-refractivity contribution in [2.45, 2.75) is 33.2 Å². The molecule has 0 aliphatic rings. The van der Waals surface area contributed by atoms with Gasteiger partial charge in [-0.3, -0.25) is 4.68 Å². The van der Waals surface area contributed by atoms with Crippen LogP contribution in [0.15, 0.2) is 33.2 Å². The summed E-state index contributed by atoms with van der Waals surface area (Å²) >= 11 is 7.12. The van der Waals surface area contributed by atoms with E-state index in [1.807, 2.05) is 23.7 Å². The summed E-state index contributed by atoms with van der Waals surface area (Å²) in [5.74, 6) is 0.192. The minimum absolute atomic E-state index is 0.174. The van der Waals surface area contributed by atoms with Crippen LogP contribution in [-0.2, 0) is 19.4 Å². The van der Waals surface area contributed by atoms with Crippen LogP contribution in [0.5, 0.6) is 0 Å². The van der Waals surface area contributed by atoms with Gasteiger partial charge in [0.15, 0.2) is 0 Å². The Labute approximate surface area is 142 Å².